The summed E-state index contributed by atoms with van der Waals surface area (Å²) in [6, 6.07) is 13.5. The van der Waals surface area contributed by atoms with Crippen LogP contribution in [0.5, 0.6) is 5.75 Å². The highest BCUT2D eigenvalue weighted by molar-refractivity contribution is 5.71. The van der Waals surface area contributed by atoms with Crippen molar-refractivity contribution in [2.24, 2.45) is 0 Å². The molecule has 1 aromatic carbocycles. The van der Waals surface area contributed by atoms with E-state index in [1.807, 2.05) is 43.5 Å². The standard InChI is InChI=1S/C21H18N6O/c1-14-25-19(11-20(26-14)27-21-23-8-3-9-24-21)17-10-16(12-22-13-17)15-4-6-18(28-2)7-5-15/h3-13H,1-2H3,(H,23,24,25,26,27). The molecule has 0 spiro atoms. The van der Waals surface area contributed by atoms with Gasteiger partial charge in [-0.3, -0.25) is 4.98 Å². The number of pyridine rings is 1. The Morgan fingerprint density at radius 3 is 2.36 bits per heavy atom. The molecular formula is C21H18N6O. The lowest BCUT2D eigenvalue weighted by Crippen LogP contribution is -2.01. The largest absolute Gasteiger partial charge is 0.497 e. The molecule has 0 aliphatic rings. The monoisotopic (exact) mass is 370 g/mol. The molecule has 0 bridgehead atoms. The summed E-state index contributed by atoms with van der Waals surface area (Å²) in [6.07, 6.45) is 6.97. The predicted octanol–water partition coefficient (Wildman–Crippen LogP) is 4.06. The molecule has 1 N–H and O–H groups in total. The molecular weight excluding hydrogens is 352 g/mol. The lowest BCUT2D eigenvalue weighted by Gasteiger charge is -2.09. The summed E-state index contributed by atoms with van der Waals surface area (Å²) in [5, 5.41) is 3.11. The van der Waals surface area contributed by atoms with Crippen LogP contribution in [0.15, 0.2) is 67.3 Å². The predicted molar refractivity (Wildman–Crippen MR) is 107 cm³/mol. The third-order valence-corrected chi connectivity index (χ3v) is 4.10. The minimum absolute atomic E-state index is 0.483. The second kappa shape index (κ2) is 7.79. The van der Waals surface area contributed by atoms with Gasteiger partial charge in [0.15, 0.2) is 0 Å². The van der Waals surface area contributed by atoms with Gasteiger partial charge in [0.1, 0.15) is 17.4 Å². The first-order valence-corrected chi connectivity index (χ1v) is 8.71. The van der Waals surface area contributed by atoms with Crippen molar-refractivity contribution in [2.75, 3.05) is 12.4 Å². The number of methoxy groups -OCH3 is 1. The van der Waals surface area contributed by atoms with E-state index in [4.69, 9.17) is 4.74 Å². The maximum atomic E-state index is 5.22. The third-order valence-electron chi connectivity index (χ3n) is 4.10. The van der Waals surface area contributed by atoms with E-state index in [0.29, 0.717) is 17.6 Å². The molecule has 7 nitrogen and oxygen atoms in total. The van der Waals surface area contributed by atoms with Crippen molar-refractivity contribution in [3.63, 3.8) is 0 Å². The molecule has 138 valence electrons. The number of anilines is 2. The Bertz CT molecular complexity index is 1080. The van der Waals surface area contributed by atoms with Gasteiger partial charge in [-0.2, -0.15) is 0 Å². The molecule has 0 aliphatic heterocycles. The van der Waals surface area contributed by atoms with Gasteiger partial charge in [-0.1, -0.05) is 12.1 Å². The molecule has 28 heavy (non-hydrogen) atoms. The van der Waals surface area contributed by atoms with Crippen LogP contribution in [0.1, 0.15) is 5.82 Å². The summed E-state index contributed by atoms with van der Waals surface area (Å²) in [5.41, 5.74) is 3.72. The smallest absolute Gasteiger partial charge is 0.228 e. The van der Waals surface area contributed by atoms with E-state index in [2.05, 4.69) is 36.3 Å². The molecule has 7 heteroatoms. The molecule has 0 saturated carbocycles. The van der Waals surface area contributed by atoms with Gasteiger partial charge < -0.3 is 10.1 Å². The average molecular weight is 370 g/mol. The third kappa shape index (κ3) is 3.93. The normalized spacial score (nSPS) is 10.5. The molecule has 0 fully saturated rings. The van der Waals surface area contributed by atoms with E-state index in [1.165, 1.54) is 0 Å². The first-order chi connectivity index (χ1) is 13.7. The maximum absolute atomic E-state index is 5.22. The van der Waals surface area contributed by atoms with Gasteiger partial charge in [-0.15, -0.1) is 0 Å². The summed E-state index contributed by atoms with van der Waals surface area (Å²) >= 11 is 0. The van der Waals surface area contributed by atoms with Crippen molar-refractivity contribution in [3.05, 3.63) is 73.1 Å². The molecule has 3 heterocycles. The molecule has 3 aromatic heterocycles. The maximum Gasteiger partial charge on any atom is 0.228 e. The zero-order valence-electron chi connectivity index (χ0n) is 15.5. The van der Waals surface area contributed by atoms with Crippen molar-refractivity contribution >= 4 is 11.8 Å². The second-order valence-electron chi connectivity index (χ2n) is 6.07. The SMILES string of the molecule is COc1ccc(-c2cncc(-c3cc(Nc4ncccn4)nc(C)n3)c2)cc1. The van der Waals surface area contributed by atoms with Crippen LogP contribution in [0.25, 0.3) is 22.4 Å². The van der Waals surface area contributed by atoms with Crippen LogP contribution in [0.4, 0.5) is 11.8 Å². The topological polar surface area (TPSA) is 85.7 Å². The Kier molecular flexibility index (Phi) is 4.88. The van der Waals surface area contributed by atoms with Crippen LogP contribution >= 0.6 is 0 Å². The molecule has 0 aliphatic carbocycles. The number of rotatable bonds is 5. The Morgan fingerprint density at radius 2 is 1.61 bits per heavy atom. The molecule has 0 unspecified atom stereocenters. The van der Waals surface area contributed by atoms with Crippen LogP contribution in [-0.4, -0.2) is 32.0 Å². The number of nitrogens with one attached hydrogen (secondary N) is 1. The summed E-state index contributed by atoms with van der Waals surface area (Å²) in [5.74, 6) is 2.57. The van der Waals surface area contributed by atoms with Crippen LogP contribution in [0, 0.1) is 6.92 Å². The zero-order chi connectivity index (χ0) is 19.3. The number of hydrogen-bond donors (Lipinski definition) is 1. The molecule has 0 radical (unpaired) electrons. The molecule has 0 amide bonds. The van der Waals surface area contributed by atoms with E-state index in [9.17, 15) is 0 Å². The Morgan fingerprint density at radius 1 is 0.857 bits per heavy atom. The summed E-state index contributed by atoms with van der Waals surface area (Å²) in [7, 11) is 1.65. The van der Waals surface area contributed by atoms with E-state index in [0.717, 1.165) is 28.1 Å². The fraction of sp³-hybridized carbons (Fsp3) is 0.0952. The second-order valence-corrected chi connectivity index (χ2v) is 6.07. The highest BCUT2D eigenvalue weighted by atomic mass is 16.5. The number of aromatic nitrogens is 5. The molecule has 0 atom stereocenters. The van der Waals surface area contributed by atoms with Gasteiger partial charge in [-0.05, 0) is 36.8 Å². The highest BCUT2D eigenvalue weighted by Gasteiger charge is 2.08. The van der Waals surface area contributed by atoms with E-state index < -0.39 is 0 Å². The van der Waals surface area contributed by atoms with Crippen LogP contribution in [0.3, 0.4) is 0 Å². The number of ether oxygens (including phenoxy) is 1. The zero-order valence-corrected chi connectivity index (χ0v) is 15.5. The van der Waals surface area contributed by atoms with Gasteiger partial charge in [0.05, 0.1) is 12.8 Å². The Hall–Kier alpha value is -3.87. The van der Waals surface area contributed by atoms with Gasteiger partial charge in [0.2, 0.25) is 5.95 Å². The minimum Gasteiger partial charge on any atom is -0.497 e. The highest BCUT2D eigenvalue weighted by Crippen LogP contribution is 2.27. The molecule has 4 rings (SSSR count). The molecule has 0 saturated heterocycles. The quantitative estimate of drug-likeness (QED) is 0.567. The van der Waals surface area contributed by atoms with Gasteiger partial charge in [0, 0.05) is 42.0 Å². The van der Waals surface area contributed by atoms with Gasteiger partial charge in [0.25, 0.3) is 0 Å². The number of hydrogen-bond acceptors (Lipinski definition) is 7. The van der Waals surface area contributed by atoms with Crippen LogP contribution in [-0.2, 0) is 0 Å². The van der Waals surface area contributed by atoms with Gasteiger partial charge in [-0.25, -0.2) is 19.9 Å². The number of aryl methyl sites for hydroxylation is 1. The number of nitrogens with zero attached hydrogens (tertiary/aromatic N) is 5. The lowest BCUT2D eigenvalue weighted by atomic mass is 10.0. The van der Waals surface area contributed by atoms with Crippen molar-refractivity contribution < 1.29 is 4.74 Å². The van der Waals surface area contributed by atoms with Gasteiger partial charge >= 0.3 is 0 Å². The molecule has 4 aromatic rings. The summed E-state index contributed by atoms with van der Waals surface area (Å²) in [4.78, 5) is 21.7. The van der Waals surface area contributed by atoms with E-state index in [-0.39, 0.29) is 0 Å². The van der Waals surface area contributed by atoms with Crippen molar-refractivity contribution in [1.29, 1.82) is 0 Å². The fourth-order valence-electron chi connectivity index (χ4n) is 2.78. The van der Waals surface area contributed by atoms with Crippen LogP contribution in [0.2, 0.25) is 0 Å². The van der Waals surface area contributed by atoms with Crippen molar-refractivity contribution in [2.45, 2.75) is 6.92 Å². The van der Waals surface area contributed by atoms with Crippen molar-refractivity contribution in [3.8, 4) is 28.1 Å². The Labute approximate surface area is 162 Å². The Balaban J connectivity index is 1.67. The fourth-order valence-corrected chi connectivity index (χ4v) is 2.78. The van der Waals surface area contributed by atoms with Crippen molar-refractivity contribution in [1.82, 2.24) is 24.9 Å². The first-order valence-electron chi connectivity index (χ1n) is 8.71. The lowest BCUT2D eigenvalue weighted by molar-refractivity contribution is 0.415. The van der Waals surface area contributed by atoms with E-state index >= 15 is 0 Å². The van der Waals surface area contributed by atoms with Crippen LogP contribution < -0.4 is 10.1 Å². The average Bonchev–Trinajstić information content (AvgIpc) is 2.74. The number of benzene rings is 1. The van der Waals surface area contributed by atoms with E-state index in [1.54, 1.807) is 31.8 Å². The summed E-state index contributed by atoms with van der Waals surface area (Å²) in [6.45, 7) is 1.85. The first kappa shape index (κ1) is 17.5. The summed E-state index contributed by atoms with van der Waals surface area (Å²) < 4.78 is 5.22. The minimum atomic E-state index is 0.483.